The highest BCUT2D eigenvalue weighted by atomic mass is 19.1. The first-order chi connectivity index (χ1) is 8.13. The van der Waals surface area contributed by atoms with E-state index in [2.05, 4.69) is 5.32 Å². The third-order valence-electron chi connectivity index (χ3n) is 2.11. The summed E-state index contributed by atoms with van der Waals surface area (Å²) in [6.45, 7) is 2.03. The van der Waals surface area contributed by atoms with Crippen LogP contribution >= 0.6 is 0 Å². The summed E-state index contributed by atoms with van der Waals surface area (Å²) < 4.78 is 13.0. The highest BCUT2D eigenvalue weighted by Gasteiger charge is 2.00. The SMILES string of the molecule is CC(=O)NCCC=Cc1ccc(F)c(C#N)c1. The van der Waals surface area contributed by atoms with E-state index in [4.69, 9.17) is 5.26 Å². The van der Waals surface area contributed by atoms with Crippen LogP contribution in [0, 0.1) is 17.1 Å². The van der Waals surface area contributed by atoms with Gasteiger partial charge >= 0.3 is 0 Å². The molecule has 0 aliphatic rings. The van der Waals surface area contributed by atoms with Crippen molar-refractivity contribution < 1.29 is 9.18 Å². The molecule has 0 saturated carbocycles. The van der Waals surface area contributed by atoms with Crippen molar-refractivity contribution in [3.63, 3.8) is 0 Å². The molecule has 1 aromatic rings. The van der Waals surface area contributed by atoms with Gasteiger partial charge in [-0.1, -0.05) is 18.2 Å². The largest absolute Gasteiger partial charge is 0.356 e. The van der Waals surface area contributed by atoms with E-state index >= 15 is 0 Å². The van der Waals surface area contributed by atoms with E-state index in [-0.39, 0.29) is 11.5 Å². The third-order valence-corrected chi connectivity index (χ3v) is 2.11. The lowest BCUT2D eigenvalue weighted by molar-refractivity contribution is -0.118. The first kappa shape index (κ1) is 12.9. The number of hydrogen-bond acceptors (Lipinski definition) is 2. The average molecular weight is 232 g/mol. The fourth-order valence-corrected chi connectivity index (χ4v) is 1.28. The van der Waals surface area contributed by atoms with Crippen LogP contribution in [-0.2, 0) is 4.79 Å². The summed E-state index contributed by atoms with van der Waals surface area (Å²) >= 11 is 0. The lowest BCUT2D eigenvalue weighted by Gasteiger charge is -1.98. The third kappa shape index (κ3) is 4.47. The Morgan fingerprint density at radius 3 is 3.00 bits per heavy atom. The predicted molar refractivity (Wildman–Crippen MR) is 63.4 cm³/mol. The van der Waals surface area contributed by atoms with Gasteiger partial charge in [-0.25, -0.2) is 4.39 Å². The molecule has 0 unspecified atom stereocenters. The number of halogens is 1. The number of rotatable bonds is 4. The minimum atomic E-state index is -0.511. The van der Waals surface area contributed by atoms with E-state index < -0.39 is 5.82 Å². The molecule has 1 aromatic carbocycles. The monoisotopic (exact) mass is 232 g/mol. The first-order valence-corrected chi connectivity index (χ1v) is 5.24. The molecule has 88 valence electrons. The highest BCUT2D eigenvalue weighted by Crippen LogP contribution is 2.10. The Balaban J connectivity index is 2.54. The summed E-state index contributed by atoms with van der Waals surface area (Å²) in [5, 5.41) is 11.3. The van der Waals surface area contributed by atoms with Crippen molar-refractivity contribution in [3.8, 4) is 6.07 Å². The van der Waals surface area contributed by atoms with E-state index in [1.54, 1.807) is 18.2 Å². The second-order valence-corrected chi connectivity index (χ2v) is 3.53. The van der Waals surface area contributed by atoms with Gasteiger partial charge in [0.15, 0.2) is 0 Å². The Kier molecular flexibility index (Phi) is 4.89. The van der Waals surface area contributed by atoms with Crippen LogP contribution in [-0.4, -0.2) is 12.5 Å². The number of nitrogens with zero attached hydrogens (tertiary/aromatic N) is 1. The topological polar surface area (TPSA) is 52.9 Å². The summed E-state index contributed by atoms with van der Waals surface area (Å²) in [6, 6.07) is 6.15. The molecule has 0 aliphatic carbocycles. The van der Waals surface area contributed by atoms with Gasteiger partial charge in [-0.05, 0) is 24.1 Å². The predicted octanol–water partition coefficient (Wildman–Crippen LogP) is 2.24. The zero-order chi connectivity index (χ0) is 12.7. The Bertz CT molecular complexity index is 475. The molecular formula is C13H13FN2O. The number of amides is 1. The standard InChI is InChI=1S/C13H13FN2O/c1-10(17)16-7-3-2-4-11-5-6-13(14)12(8-11)9-15/h2,4-6,8H,3,7H2,1H3,(H,16,17). The van der Waals surface area contributed by atoms with Gasteiger partial charge in [-0.3, -0.25) is 4.79 Å². The van der Waals surface area contributed by atoms with E-state index in [1.807, 2.05) is 6.08 Å². The molecular weight excluding hydrogens is 219 g/mol. The number of carbonyl (C=O) groups excluding carboxylic acids is 1. The lowest BCUT2D eigenvalue weighted by Crippen LogP contribution is -2.20. The van der Waals surface area contributed by atoms with Crippen LogP contribution in [0.3, 0.4) is 0 Å². The van der Waals surface area contributed by atoms with Gasteiger partial charge < -0.3 is 5.32 Å². The van der Waals surface area contributed by atoms with Crippen molar-refractivity contribution >= 4 is 12.0 Å². The molecule has 1 N–H and O–H groups in total. The first-order valence-electron chi connectivity index (χ1n) is 5.24. The fraction of sp³-hybridized carbons (Fsp3) is 0.231. The number of nitriles is 1. The molecule has 0 fully saturated rings. The summed E-state index contributed by atoms with van der Waals surface area (Å²) in [5.41, 5.74) is 0.805. The van der Waals surface area contributed by atoms with Gasteiger partial charge in [-0.2, -0.15) is 5.26 Å². The summed E-state index contributed by atoms with van der Waals surface area (Å²) in [5.74, 6) is -0.574. The van der Waals surface area contributed by atoms with Crippen LogP contribution in [0.2, 0.25) is 0 Å². The van der Waals surface area contributed by atoms with Gasteiger partial charge in [0.25, 0.3) is 0 Å². The lowest BCUT2D eigenvalue weighted by atomic mass is 10.1. The highest BCUT2D eigenvalue weighted by molar-refractivity contribution is 5.72. The Labute approximate surface area is 99.6 Å². The molecule has 0 saturated heterocycles. The molecule has 1 rings (SSSR count). The Hall–Kier alpha value is -2.15. The molecule has 4 heteroatoms. The van der Waals surface area contributed by atoms with Crippen molar-refractivity contribution in [2.75, 3.05) is 6.54 Å². The maximum absolute atomic E-state index is 13.0. The van der Waals surface area contributed by atoms with Gasteiger partial charge in [-0.15, -0.1) is 0 Å². The van der Waals surface area contributed by atoms with E-state index in [0.29, 0.717) is 13.0 Å². The molecule has 0 aromatic heterocycles. The zero-order valence-electron chi connectivity index (χ0n) is 9.53. The van der Waals surface area contributed by atoms with E-state index in [1.165, 1.54) is 19.1 Å². The van der Waals surface area contributed by atoms with Crippen LogP contribution in [0.4, 0.5) is 4.39 Å². The Morgan fingerprint density at radius 1 is 1.59 bits per heavy atom. The normalized spacial score (nSPS) is 10.2. The quantitative estimate of drug-likeness (QED) is 0.809. The van der Waals surface area contributed by atoms with E-state index in [9.17, 15) is 9.18 Å². The maximum atomic E-state index is 13.0. The second kappa shape index (κ2) is 6.44. The molecule has 0 bridgehead atoms. The van der Waals surface area contributed by atoms with Gasteiger partial charge in [0.05, 0.1) is 5.56 Å². The molecule has 0 heterocycles. The van der Waals surface area contributed by atoms with Crippen LogP contribution < -0.4 is 5.32 Å². The van der Waals surface area contributed by atoms with Crippen LogP contribution in [0.1, 0.15) is 24.5 Å². The molecule has 0 atom stereocenters. The van der Waals surface area contributed by atoms with Gasteiger partial charge in [0, 0.05) is 13.5 Å². The smallest absolute Gasteiger partial charge is 0.216 e. The van der Waals surface area contributed by atoms with Crippen LogP contribution in [0.15, 0.2) is 24.3 Å². The fourth-order valence-electron chi connectivity index (χ4n) is 1.28. The molecule has 0 spiro atoms. The number of benzene rings is 1. The molecule has 0 aliphatic heterocycles. The molecule has 1 amide bonds. The van der Waals surface area contributed by atoms with Crippen molar-refractivity contribution in [1.82, 2.24) is 5.32 Å². The van der Waals surface area contributed by atoms with Crippen LogP contribution in [0.25, 0.3) is 6.08 Å². The maximum Gasteiger partial charge on any atom is 0.216 e. The van der Waals surface area contributed by atoms with E-state index in [0.717, 1.165) is 5.56 Å². The van der Waals surface area contributed by atoms with Crippen molar-refractivity contribution in [1.29, 1.82) is 5.26 Å². The Morgan fingerprint density at radius 2 is 2.35 bits per heavy atom. The zero-order valence-corrected chi connectivity index (χ0v) is 9.53. The van der Waals surface area contributed by atoms with Crippen LogP contribution in [0.5, 0.6) is 0 Å². The summed E-state index contributed by atoms with van der Waals surface area (Å²) in [7, 11) is 0. The number of carbonyl (C=O) groups is 1. The van der Waals surface area contributed by atoms with Gasteiger partial charge in [0.1, 0.15) is 11.9 Å². The van der Waals surface area contributed by atoms with Crippen molar-refractivity contribution in [3.05, 3.63) is 41.2 Å². The number of hydrogen-bond donors (Lipinski definition) is 1. The molecule has 17 heavy (non-hydrogen) atoms. The second-order valence-electron chi connectivity index (χ2n) is 3.53. The summed E-state index contributed by atoms with van der Waals surface area (Å²) in [6.07, 6.45) is 4.35. The minimum Gasteiger partial charge on any atom is -0.356 e. The number of nitrogens with one attached hydrogen (secondary N) is 1. The molecule has 3 nitrogen and oxygen atoms in total. The van der Waals surface area contributed by atoms with Gasteiger partial charge in [0.2, 0.25) is 5.91 Å². The van der Waals surface area contributed by atoms with Crippen molar-refractivity contribution in [2.24, 2.45) is 0 Å². The summed E-state index contributed by atoms with van der Waals surface area (Å²) in [4.78, 5) is 10.6. The molecule has 0 radical (unpaired) electrons. The minimum absolute atomic E-state index is 0.0361. The van der Waals surface area contributed by atoms with Crippen molar-refractivity contribution in [2.45, 2.75) is 13.3 Å². The average Bonchev–Trinajstić information content (AvgIpc) is 2.30.